The van der Waals surface area contributed by atoms with E-state index in [2.05, 4.69) is 21.2 Å². The summed E-state index contributed by atoms with van der Waals surface area (Å²) in [6.07, 6.45) is 0.734. The summed E-state index contributed by atoms with van der Waals surface area (Å²) in [5.41, 5.74) is 0.0380. The van der Waals surface area contributed by atoms with Crippen molar-refractivity contribution < 1.29 is 9.18 Å². The van der Waals surface area contributed by atoms with Crippen LogP contribution >= 0.6 is 15.9 Å². The highest BCUT2D eigenvalue weighted by Crippen LogP contribution is 2.24. The maximum atomic E-state index is 13.2. The van der Waals surface area contributed by atoms with Crippen molar-refractivity contribution in [1.29, 1.82) is 0 Å². The van der Waals surface area contributed by atoms with Crippen LogP contribution in [0, 0.1) is 11.2 Å². The highest BCUT2D eigenvalue weighted by atomic mass is 79.9. The molecule has 0 aliphatic carbocycles. The second kappa shape index (κ2) is 4.95. The van der Waals surface area contributed by atoms with Crippen LogP contribution in [-0.2, 0) is 4.79 Å². The first kappa shape index (κ1) is 13.2. The molecular formula is C12H15BrFNO. The van der Waals surface area contributed by atoms with E-state index >= 15 is 0 Å². The fourth-order valence-electron chi connectivity index (χ4n) is 1.03. The Kier molecular flexibility index (Phi) is 4.08. The SMILES string of the molecule is CCC(C)(C)C(=O)Nc1ccc(Br)c(F)c1. The van der Waals surface area contributed by atoms with Crippen molar-refractivity contribution in [3.63, 3.8) is 0 Å². The van der Waals surface area contributed by atoms with E-state index in [9.17, 15) is 9.18 Å². The first-order chi connectivity index (χ1) is 7.36. The molecule has 0 saturated carbocycles. The average Bonchev–Trinajstić information content (AvgIpc) is 2.23. The fourth-order valence-corrected chi connectivity index (χ4v) is 1.28. The van der Waals surface area contributed by atoms with E-state index in [1.54, 1.807) is 12.1 Å². The number of hydrogen-bond donors (Lipinski definition) is 1. The largest absolute Gasteiger partial charge is 0.326 e. The van der Waals surface area contributed by atoms with Crippen LogP contribution in [-0.4, -0.2) is 5.91 Å². The number of carbonyl (C=O) groups is 1. The lowest BCUT2D eigenvalue weighted by Gasteiger charge is -2.21. The zero-order chi connectivity index (χ0) is 12.3. The third-order valence-electron chi connectivity index (χ3n) is 2.68. The van der Waals surface area contributed by atoms with Crippen LogP contribution < -0.4 is 5.32 Å². The van der Waals surface area contributed by atoms with Crippen LogP contribution in [0.5, 0.6) is 0 Å². The second-order valence-corrected chi connectivity index (χ2v) is 5.17. The number of anilines is 1. The Morgan fingerprint density at radius 2 is 2.12 bits per heavy atom. The van der Waals surface area contributed by atoms with Crippen molar-refractivity contribution in [1.82, 2.24) is 0 Å². The molecule has 0 unspecified atom stereocenters. The smallest absolute Gasteiger partial charge is 0.230 e. The zero-order valence-electron chi connectivity index (χ0n) is 9.60. The standard InChI is InChI=1S/C12H15BrFNO/c1-4-12(2,3)11(16)15-8-5-6-9(13)10(14)7-8/h5-7H,4H2,1-3H3,(H,15,16). The summed E-state index contributed by atoms with van der Waals surface area (Å²) in [5.74, 6) is -0.483. The molecule has 1 amide bonds. The topological polar surface area (TPSA) is 29.1 Å². The number of hydrogen-bond acceptors (Lipinski definition) is 1. The average molecular weight is 288 g/mol. The van der Waals surface area contributed by atoms with Gasteiger partial charge >= 0.3 is 0 Å². The zero-order valence-corrected chi connectivity index (χ0v) is 11.2. The van der Waals surface area contributed by atoms with Gasteiger partial charge in [0.1, 0.15) is 5.82 Å². The number of halogens is 2. The molecule has 1 aromatic rings. The maximum Gasteiger partial charge on any atom is 0.230 e. The van der Waals surface area contributed by atoms with Crippen molar-refractivity contribution in [3.05, 3.63) is 28.5 Å². The van der Waals surface area contributed by atoms with Gasteiger partial charge in [0.25, 0.3) is 0 Å². The first-order valence-electron chi connectivity index (χ1n) is 5.13. The molecule has 0 aromatic heterocycles. The van der Waals surface area contributed by atoms with Crippen LogP contribution in [0.4, 0.5) is 10.1 Å². The van der Waals surface area contributed by atoms with Gasteiger partial charge in [-0.25, -0.2) is 4.39 Å². The molecule has 0 atom stereocenters. The van der Waals surface area contributed by atoms with Crippen molar-refractivity contribution in [2.24, 2.45) is 5.41 Å². The minimum absolute atomic E-state index is 0.100. The van der Waals surface area contributed by atoms with Gasteiger partial charge in [0.05, 0.1) is 4.47 Å². The normalized spacial score (nSPS) is 11.3. The van der Waals surface area contributed by atoms with Gasteiger partial charge in [-0.3, -0.25) is 4.79 Å². The van der Waals surface area contributed by atoms with Crippen LogP contribution in [0.15, 0.2) is 22.7 Å². The van der Waals surface area contributed by atoms with Gasteiger partial charge in [0.2, 0.25) is 5.91 Å². The van der Waals surface area contributed by atoms with E-state index < -0.39 is 5.41 Å². The minimum atomic E-state index is -0.441. The lowest BCUT2D eigenvalue weighted by molar-refractivity contribution is -0.124. The van der Waals surface area contributed by atoms with Crippen molar-refractivity contribution >= 4 is 27.5 Å². The molecule has 0 aliphatic heterocycles. The first-order valence-corrected chi connectivity index (χ1v) is 5.92. The molecule has 0 bridgehead atoms. The Morgan fingerprint density at radius 1 is 1.50 bits per heavy atom. The van der Waals surface area contributed by atoms with Gasteiger partial charge in [0.15, 0.2) is 0 Å². The van der Waals surface area contributed by atoms with Crippen LogP contribution in [0.1, 0.15) is 27.2 Å². The summed E-state index contributed by atoms with van der Waals surface area (Å²) >= 11 is 3.06. The molecule has 4 heteroatoms. The summed E-state index contributed by atoms with van der Waals surface area (Å²) in [6.45, 7) is 5.66. The van der Waals surface area contributed by atoms with E-state index in [4.69, 9.17) is 0 Å². The molecule has 0 spiro atoms. The van der Waals surface area contributed by atoms with E-state index in [0.29, 0.717) is 10.2 Å². The van der Waals surface area contributed by atoms with Crippen LogP contribution in [0.3, 0.4) is 0 Å². The van der Waals surface area contributed by atoms with Gasteiger partial charge in [0, 0.05) is 11.1 Å². The molecule has 1 aromatic carbocycles. The lowest BCUT2D eigenvalue weighted by atomic mass is 9.89. The van der Waals surface area contributed by atoms with Crippen molar-refractivity contribution in [3.8, 4) is 0 Å². The minimum Gasteiger partial charge on any atom is -0.326 e. The number of rotatable bonds is 3. The Balaban J connectivity index is 2.82. The third kappa shape index (κ3) is 3.04. The molecule has 0 fully saturated rings. The van der Waals surface area contributed by atoms with E-state index in [1.807, 2.05) is 20.8 Å². The molecule has 1 rings (SSSR count). The Bertz CT molecular complexity index is 404. The van der Waals surface area contributed by atoms with Gasteiger partial charge in [-0.1, -0.05) is 20.8 Å². The molecule has 2 nitrogen and oxygen atoms in total. The quantitative estimate of drug-likeness (QED) is 0.896. The maximum absolute atomic E-state index is 13.2. The molecular weight excluding hydrogens is 273 g/mol. The summed E-state index contributed by atoms with van der Waals surface area (Å²) in [5, 5.41) is 2.70. The van der Waals surface area contributed by atoms with E-state index in [1.165, 1.54) is 6.07 Å². The Hall–Kier alpha value is -0.900. The summed E-state index contributed by atoms with van der Waals surface area (Å²) < 4.78 is 13.6. The van der Waals surface area contributed by atoms with Crippen LogP contribution in [0.2, 0.25) is 0 Å². The number of carbonyl (C=O) groups excluding carboxylic acids is 1. The molecule has 1 N–H and O–H groups in total. The number of nitrogens with one attached hydrogen (secondary N) is 1. The molecule has 0 radical (unpaired) electrons. The van der Waals surface area contributed by atoms with Gasteiger partial charge in [-0.05, 0) is 40.5 Å². The van der Waals surface area contributed by atoms with Gasteiger partial charge in [-0.2, -0.15) is 0 Å². The highest BCUT2D eigenvalue weighted by molar-refractivity contribution is 9.10. The molecule has 0 heterocycles. The monoisotopic (exact) mass is 287 g/mol. The Morgan fingerprint density at radius 3 is 2.62 bits per heavy atom. The fraction of sp³-hybridized carbons (Fsp3) is 0.417. The Labute approximate surface area is 103 Å². The van der Waals surface area contributed by atoms with Crippen LogP contribution in [0.25, 0.3) is 0 Å². The number of amides is 1. The number of benzene rings is 1. The second-order valence-electron chi connectivity index (χ2n) is 4.32. The van der Waals surface area contributed by atoms with E-state index in [-0.39, 0.29) is 11.7 Å². The predicted molar refractivity (Wildman–Crippen MR) is 66.8 cm³/mol. The highest BCUT2D eigenvalue weighted by Gasteiger charge is 2.25. The van der Waals surface area contributed by atoms with Gasteiger partial charge in [-0.15, -0.1) is 0 Å². The van der Waals surface area contributed by atoms with E-state index in [0.717, 1.165) is 6.42 Å². The molecule has 16 heavy (non-hydrogen) atoms. The molecule has 0 aliphatic rings. The lowest BCUT2D eigenvalue weighted by Crippen LogP contribution is -2.29. The van der Waals surface area contributed by atoms with Crippen molar-refractivity contribution in [2.45, 2.75) is 27.2 Å². The third-order valence-corrected chi connectivity index (χ3v) is 3.32. The summed E-state index contributed by atoms with van der Waals surface area (Å²) in [6, 6.07) is 4.54. The molecule has 0 saturated heterocycles. The molecule has 88 valence electrons. The summed E-state index contributed by atoms with van der Waals surface area (Å²) in [4.78, 5) is 11.8. The van der Waals surface area contributed by atoms with Gasteiger partial charge < -0.3 is 5.32 Å². The van der Waals surface area contributed by atoms with Crippen molar-refractivity contribution in [2.75, 3.05) is 5.32 Å². The summed E-state index contributed by atoms with van der Waals surface area (Å²) in [7, 11) is 0. The predicted octanol–water partition coefficient (Wildman–Crippen LogP) is 3.96.